The van der Waals surface area contributed by atoms with Crippen molar-refractivity contribution in [2.24, 2.45) is 13.0 Å². The van der Waals surface area contributed by atoms with Crippen LogP contribution in [0.25, 0.3) is 27.5 Å². The van der Waals surface area contributed by atoms with Gasteiger partial charge in [0, 0.05) is 56.3 Å². The first-order chi connectivity index (χ1) is 27.8. The summed E-state index contributed by atoms with van der Waals surface area (Å²) in [7, 11) is 4.76. The van der Waals surface area contributed by atoms with Crippen molar-refractivity contribution in [3.05, 3.63) is 82.2 Å². The number of rotatable bonds is 9. The maximum absolute atomic E-state index is 13.6. The molecule has 5 aromatic rings. The van der Waals surface area contributed by atoms with Crippen LogP contribution >= 0.6 is 0 Å². The Morgan fingerprint density at radius 3 is 2.45 bits per heavy atom. The van der Waals surface area contributed by atoms with Gasteiger partial charge in [0.15, 0.2) is 0 Å². The summed E-state index contributed by atoms with van der Waals surface area (Å²) in [6, 6.07) is 9.64. The van der Waals surface area contributed by atoms with Gasteiger partial charge in [-0.05, 0) is 80.3 Å². The largest absolute Gasteiger partial charge is 0.496 e. The summed E-state index contributed by atoms with van der Waals surface area (Å²) in [6.07, 6.45) is 4.55. The third kappa shape index (κ3) is 7.34. The number of nitrogens with one attached hydrogen (secondary N) is 2. The molecule has 3 amide bonds. The number of aromatic nitrogens is 5. The molecule has 5 heterocycles. The minimum absolute atomic E-state index is 0.168. The van der Waals surface area contributed by atoms with Crippen LogP contribution in [0.4, 0.5) is 18.9 Å². The molecule has 3 aliphatic rings. The van der Waals surface area contributed by atoms with Crippen molar-refractivity contribution in [2.75, 3.05) is 39.2 Å². The van der Waals surface area contributed by atoms with E-state index in [1.807, 2.05) is 16.9 Å². The van der Waals surface area contributed by atoms with Gasteiger partial charge < -0.3 is 14.8 Å². The van der Waals surface area contributed by atoms with Gasteiger partial charge in [0.1, 0.15) is 28.9 Å². The van der Waals surface area contributed by atoms with Crippen LogP contribution in [0, 0.1) is 5.92 Å². The molecule has 58 heavy (non-hydrogen) atoms. The molecule has 0 bridgehead atoms. The SMILES string of the molecule is COc1cc2nn(C3CCC(CN4CC=C(c5c(OC)ccc6c5n(C)c(=O)n6C5CCC(=O)NC5=O)CC4)CC3)cc2cc1NC(=O)c1cccc(C(F)(F)F)n1. The number of nitrogens with zero attached hydrogens (tertiary/aromatic N) is 6. The van der Waals surface area contributed by atoms with Crippen LogP contribution in [0.2, 0.25) is 0 Å². The van der Waals surface area contributed by atoms with Crippen LogP contribution in [-0.2, 0) is 22.8 Å². The number of hydrogen-bond donors (Lipinski definition) is 2. The lowest BCUT2D eigenvalue weighted by Crippen LogP contribution is -2.44. The van der Waals surface area contributed by atoms with Gasteiger partial charge in [-0.25, -0.2) is 9.78 Å². The molecular weight excluding hydrogens is 757 g/mol. The molecule has 304 valence electrons. The highest BCUT2D eigenvalue weighted by Crippen LogP contribution is 2.39. The first kappa shape index (κ1) is 38.9. The van der Waals surface area contributed by atoms with E-state index in [1.54, 1.807) is 36.9 Å². The van der Waals surface area contributed by atoms with Crippen molar-refractivity contribution < 1.29 is 37.0 Å². The number of halogens is 3. The number of amides is 3. The molecule has 1 saturated heterocycles. The van der Waals surface area contributed by atoms with Crippen molar-refractivity contribution in [1.29, 1.82) is 0 Å². The molecule has 2 aromatic carbocycles. The van der Waals surface area contributed by atoms with E-state index in [1.165, 1.54) is 17.7 Å². The smallest absolute Gasteiger partial charge is 0.433 e. The summed E-state index contributed by atoms with van der Waals surface area (Å²) < 4.78 is 55.9. The lowest BCUT2D eigenvalue weighted by Gasteiger charge is -2.34. The molecule has 1 saturated carbocycles. The topological polar surface area (TPSA) is 155 Å². The number of carbonyl (C=O) groups excluding carboxylic acids is 3. The van der Waals surface area contributed by atoms with E-state index in [0.29, 0.717) is 39.7 Å². The number of anilines is 1. The van der Waals surface area contributed by atoms with Crippen LogP contribution < -0.4 is 25.8 Å². The van der Waals surface area contributed by atoms with Crippen molar-refractivity contribution >= 4 is 50.9 Å². The Balaban J connectivity index is 0.920. The van der Waals surface area contributed by atoms with Gasteiger partial charge >= 0.3 is 11.9 Å². The lowest BCUT2D eigenvalue weighted by atomic mass is 9.85. The van der Waals surface area contributed by atoms with E-state index in [0.717, 1.165) is 80.4 Å². The van der Waals surface area contributed by atoms with Gasteiger partial charge in [0.05, 0.1) is 42.5 Å². The van der Waals surface area contributed by atoms with Crippen molar-refractivity contribution in [1.82, 2.24) is 34.1 Å². The number of piperidine rings is 1. The second-order valence-corrected chi connectivity index (χ2v) is 15.2. The highest BCUT2D eigenvalue weighted by atomic mass is 19.4. The Bertz CT molecular complexity index is 2530. The minimum atomic E-state index is -4.68. The summed E-state index contributed by atoms with van der Waals surface area (Å²) in [4.78, 5) is 57.0. The zero-order valence-corrected chi connectivity index (χ0v) is 32.3. The maximum atomic E-state index is 13.6. The summed E-state index contributed by atoms with van der Waals surface area (Å²) in [5.41, 5.74) is 2.38. The van der Waals surface area contributed by atoms with E-state index < -0.39 is 29.7 Å². The Morgan fingerprint density at radius 2 is 1.76 bits per heavy atom. The van der Waals surface area contributed by atoms with Crippen molar-refractivity contribution in [2.45, 2.75) is 63.2 Å². The quantitative estimate of drug-likeness (QED) is 0.174. The van der Waals surface area contributed by atoms with Crippen LogP contribution in [0.15, 0.2) is 59.5 Å². The molecule has 17 heteroatoms. The third-order valence-corrected chi connectivity index (χ3v) is 11.6. The number of carbonyl (C=O) groups is 3. The molecule has 0 radical (unpaired) electrons. The second kappa shape index (κ2) is 15.4. The number of imide groups is 1. The molecule has 2 N–H and O–H groups in total. The predicted octanol–water partition coefficient (Wildman–Crippen LogP) is 5.87. The second-order valence-electron chi connectivity index (χ2n) is 15.2. The summed E-state index contributed by atoms with van der Waals surface area (Å²) >= 11 is 0. The minimum Gasteiger partial charge on any atom is -0.496 e. The zero-order valence-electron chi connectivity index (χ0n) is 32.3. The van der Waals surface area contributed by atoms with Gasteiger partial charge in [0.25, 0.3) is 5.91 Å². The molecule has 1 aliphatic carbocycles. The molecule has 3 aromatic heterocycles. The molecular formula is C41H43F3N8O6. The Labute approximate surface area is 330 Å². The first-order valence-corrected chi connectivity index (χ1v) is 19.3. The van der Waals surface area contributed by atoms with Gasteiger partial charge in [-0.1, -0.05) is 12.1 Å². The molecule has 1 atom stereocenters. The number of methoxy groups -OCH3 is 2. The number of aryl methyl sites for hydroxylation is 1. The van der Waals surface area contributed by atoms with Gasteiger partial charge in [-0.3, -0.25) is 38.4 Å². The van der Waals surface area contributed by atoms with Crippen LogP contribution in [0.5, 0.6) is 11.5 Å². The number of fused-ring (bicyclic) bond motifs is 2. The molecule has 14 nitrogen and oxygen atoms in total. The standard InChI is InChI=1S/C41H43F3N8O6/c1-49-37-30(52(40(49)56)31-12-14-35(53)47-39(31)55)11-13-32(57-2)36(37)24-15-17-50(18-16-24)21-23-7-9-26(10-8-23)51-22-25-19-29(33(58-3)20-28(25)48-51)46-38(54)27-5-4-6-34(45-27)41(42,43)44/h4-6,11,13,15,19-20,22-23,26,31H,7-10,12,14,16-18,21H2,1-3H3,(H,46,54)(H,47,53,55). The van der Waals surface area contributed by atoms with Crippen molar-refractivity contribution in [3.8, 4) is 11.5 Å². The fourth-order valence-corrected chi connectivity index (χ4v) is 8.66. The number of benzene rings is 2. The zero-order chi connectivity index (χ0) is 40.9. The molecule has 2 fully saturated rings. The average molecular weight is 801 g/mol. The maximum Gasteiger partial charge on any atom is 0.433 e. The highest BCUT2D eigenvalue weighted by molar-refractivity contribution is 6.05. The average Bonchev–Trinajstić information content (AvgIpc) is 3.74. The monoisotopic (exact) mass is 800 g/mol. The molecule has 8 rings (SSSR count). The Hall–Kier alpha value is -5.97. The Morgan fingerprint density at radius 1 is 0.983 bits per heavy atom. The van der Waals surface area contributed by atoms with E-state index in [4.69, 9.17) is 14.6 Å². The Kier molecular flexibility index (Phi) is 10.3. The first-order valence-electron chi connectivity index (χ1n) is 19.3. The van der Waals surface area contributed by atoms with E-state index in [9.17, 15) is 32.3 Å². The number of imidazole rings is 1. The number of hydrogen-bond acceptors (Lipinski definition) is 9. The van der Waals surface area contributed by atoms with Crippen LogP contribution in [0.1, 0.15) is 78.8 Å². The van der Waals surface area contributed by atoms with Gasteiger partial charge in [-0.15, -0.1) is 0 Å². The lowest BCUT2D eigenvalue weighted by molar-refractivity contribution is -0.141. The van der Waals surface area contributed by atoms with E-state index >= 15 is 0 Å². The normalized spacial score (nSPS) is 20.6. The van der Waals surface area contributed by atoms with Crippen molar-refractivity contribution in [3.63, 3.8) is 0 Å². The van der Waals surface area contributed by atoms with E-state index in [-0.39, 0.29) is 36.2 Å². The van der Waals surface area contributed by atoms with Gasteiger partial charge in [-0.2, -0.15) is 18.3 Å². The van der Waals surface area contributed by atoms with Gasteiger partial charge in [0.2, 0.25) is 11.8 Å². The number of ether oxygens (including phenoxy) is 2. The molecule has 2 aliphatic heterocycles. The fraction of sp³-hybridized carbons (Fsp3) is 0.415. The fourth-order valence-electron chi connectivity index (χ4n) is 8.66. The van der Waals surface area contributed by atoms with Crippen LogP contribution in [0.3, 0.4) is 0 Å². The summed E-state index contributed by atoms with van der Waals surface area (Å²) in [5, 5.41) is 10.6. The highest BCUT2D eigenvalue weighted by Gasteiger charge is 2.34. The molecule has 1 unspecified atom stereocenters. The third-order valence-electron chi connectivity index (χ3n) is 11.6. The number of pyridine rings is 1. The summed E-state index contributed by atoms with van der Waals surface area (Å²) in [6.45, 7) is 2.53. The predicted molar refractivity (Wildman–Crippen MR) is 209 cm³/mol. The molecule has 0 spiro atoms. The summed E-state index contributed by atoms with van der Waals surface area (Å²) in [5.74, 6) is -0.119. The number of alkyl halides is 3. The van der Waals surface area contributed by atoms with E-state index in [2.05, 4.69) is 26.6 Å². The van der Waals surface area contributed by atoms with Crippen LogP contribution in [-0.4, -0.2) is 80.4 Å².